The lowest BCUT2D eigenvalue weighted by Crippen LogP contribution is -2.49. The van der Waals surface area contributed by atoms with Crippen molar-refractivity contribution in [2.45, 2.75) is 56.1 Å². The molecule has 0 bridgehead atoms. The number of hydrogen-bond acceptors (Lipinski definition) is 2. The molecule has 3 heteroatoms. The fourth-order valence-electron chi connectivity index (χ4n) is 3.26. The van der Waals surface area contributed by atoms with Crippen molar-refractivity contribution in [3.05, 3.63) is 54.4 Å². The maximum Gasteiger partial charge on any atom is 0.111 e. The molecule has 0 saturated heterocycles. The molecule has 2 aromatic rings. The van der Waals surface area contributed by atoms with Gasteiger partial charge in [-0.2, -0.15) is 0 Å². The zero-order valence-electron chi connectivity index (χ0n) is 13.6. The zero-order chi connectivity index (χ0) is 15.4. The van der Waals surface area contributed by atoms with E-state index in [-0.39, 0.29) is 11.7 Å². The molecule has 118 valence electrons. The molecule has 2 heterocycles. The minimum Gasteiger partial charge on any atom is -0.334 e. The second-order valence-electron chi connectivity index (χ2n) is 6.24. The van der Waals surface area contributed by atoms with E-state index in [1.807, 2.05) is 11.8 Å². The topological polar surface area (TPSA) is 17.0 Å². The zero-order valence-corrected chi connectivity index (χ0v) is 14.4. The molecule has 1 aliphatic rings. The van der Waals surface area contributed by atoms with E-state index >= 15 is 0 Å². The van der Waals surface area contributed by atoms with Crippen LogP contribution in [0.5, 0.6) is 0 Å². The molecule has 1 aliphatic heterocycles. The first kappa shape index (κ1) is 15.7. The number of thioether (sulfide) groups is 1. The normalized spacial score (nSPS) is 24.7. The van der Waals surface area contributed by atoms with Crippen molar-refractivity contribution in [2.75, 3.05) is 5.75 Å². The molecule has 1 N–H and O–H groups in total. The number of aromatic nitrogens is 1. The summed E-state index contributed by atoms with van der Waals surface area (Å²) in [6, 6.07) is 13.1. The van der Waals surface area contributed by atoms with Crippen molar-refractivity contribution in [1.82, 2.24) is 9.88 Å². The molecule has 1 aromatic carbocycles. The summed E-state index contributed by atoms with van der Waals surface area (Å²) in [7, 11) is 0. The van der Waals surface area contributed by atoms with E-state index in [2.05, 4.69) is 72.5 Å². The fraction of sp³-hybridized carbons (Fsp3) is 0.474. The van der Waals surface area contributed by atoms with Gasteiger partial charge in [-0.15, -0.1) is 11.8 Å². The van der Waals surface area contributed by atoms with Crippen LogP contribution in [0.3, 0.4) is 0 Å². The Kier molecular flexibility index (Phi) is 4.94. The van der Waals surface area contributed by atoms with E-state index in [1.165, 1.54) is 36.1 Å². The van der Waals surface area contributed by atoms with Crippen molar-refractivity contribution in [3.63, 3.8) is 0 Å². The molecular formula is C19H26N2S. The Morgan fingerprint density at radius 1 is 1.18 bits per heavy atom. The lowest BCUT2D eigenvalue weighted by Gasteiger charge is -2.36. The average Bonchev–Trinajstić information content (AvgIpc) is 3.04. The van der Waals surface area contributed by atoms with Crippen molar-refractivity contribution in [1.29, 1.82) is 0 Å². The maximum absolute atomic E-state index is 4.01. The molecule has 2 atom stereocenters. The van der Waals surface area contributed by atoms with Crippen molar-refractivity contribution >= 4 is 11.8 Å². The Hall–Kier alpha value is -1.19. The van der Waals surface area contributed by atoms with Gasteiger partial charge in [-0.1, -0.05) is 44.9 Å². The van der Waals surface area contributed by atoms with Crippen LogP contribution in [-0.2, 0) is 0 Å². The van der Waals surface area contributed by atoms with E-state index < -0.39 is 0 Å². The highest BCUT2D eigenvalue weighted by Crippen LogP contribution is 2.38. The summed E-state index contributed by atoms with van der Waals surface area (Å²) in [5.41, 5.74) is 1.62. The molecule has 0 fully saturated rings. The number of nitrogens with one attached hydrogen (secondary N) is 1. The van der Waals surface area contributed by atoms with Gasteiger partial charge in [0.05, 0.1) is 0 Å². The summed E-state index contributed by atoms with van der Waals surface area (Å²) in [4.78, 5) is 1.42. The average molecular weight is 314 g/mol. The molecule has 0 radical (unpaired) electrons. The maximum atomic E-state index is 4.01. The molecule has 3 rings (SSSR count). The van der Waals surface area contributed by atoms with E-state index in [4.69, 9.17) is 0 Å². The predicted octanol–water partition coefficient (Wildman–Crippen LogP) is 5.07. The Bertz CT molecular complexity index is 593. The third-order valence-electron chi connectivity index (χ3n) is 4.77. The molecule has 0 aliphatic carbocycles. The van der Waals surface area contributed by atoms with Gasteiger partial charge in [0.2, 0.25) is 0 Å². The van der Waals surface area contributed by atoms with E-state index in [9.17, 15) is 0 Å². The fourth-order valence-corrected chi connectivity index (χ4v) is 4.64. The minimum absolute atomic E-state index is 0.217. The quantitative estimate of drug-likeness (QED) is 0.830. The number of unbranched alkanes of at least 4 members (excludes halogenated alkanes) is 1. The molecule has 2 nitrogen and oxygen atoms in total. The lowest BCUT2D eigenvalue weighted by molar-refractivity contribution is 0.264. The van der Waals surface area contributed by atoms with Gasteiger partial charge in [0.25, 0.3) is 0 Å². The van der Waals surface area contributed by atoms with E-state index in [0.29, 0.717) is 0 Å². The largest absolute Gasteiger partial charge is 0.334 e. The summed E-state index contributed by atoms with van der Waals surface area (Å²) in [5, 5.41) is 4.01. The smallest absolute Gasteiger partial charge is 0.111 e. The van der Waals surface area contributed by atoms with Crippen molar-refractivity contribution in [2.24, 2.45) is 0 Å². The molecule has 0 saturated carbocycles. The lowest BCUT2D eigenvalue weighted by atomic mass is 9.91. The number of fused-ring (bicyclic) bond motifs is 1. The van der Waals surface area contributed by atoms with Crippen LogP contribution in [0.4, 0.5) is 0 Å². The second kappa shape index (κ2) is 6.93. The van der Waals surface area contributed by atoms with E-state index in [1.54, 1.807) is 0 Å². The van der Waals surface area contributed by atoms with Gasteiger partial charge >= 0.3 is 0 Å². The van der Waals surface area contributed by atoms with Gasteiger partial charge in [-0.3, -0.25) is 5.32 Å². The van der Waals surface area contributed by atoms with Crippen molar-refractivity contribution in [3.8, 4) is 0 Å². The van der Waals surface area contributed by atoms with Crippen LogP contribution >= 0.6 is 11.8 Å². The third-order valence-corrected chi connectivity index (χ3v) is 6.15. The molecule has 0 amide bonds. The summed E-state index contributed by atoms with van der Waals surface area (Å²) < 4.78 is 2.31. The van der Waals surface area contributed by atoms with Gasteiger partial charge in [0.1, 0.15) is 6.17 Å². The van der Waals surface area contributed by atoms with Crippen molar-refractivity contribution < 1.29 is 0 Å². The van der Waals surface area contributed by atoms with Gasteiger partial charge in [-0.25, -0.2) is 0 Å². The van der Waals surface area contributed by atoms with Gasteiger partial charge < -0.3 is 4.57 Å². The molecular weight excluding hydrogens is 288 g/mol. The van der Waals surface area contributed by atoms with Gasteiger partial charge in [-0.05, 0) is 31.0 Å². The molecule has 22 heavy (non-hydrogen) atoms. The Balaban J connectivity index is 1.99. The number of hydrogen-bond donors (Lipinski definition) is 1. The van der Waals surface area contributed by atoms with Crippen LogP contribution in [0, 0.1) is 0 Å². The summed E-state index contributed by atoms with van der Waals surface area (Å²) >= 11 is 2.02. The first-order chi connectivity index (χ1) is 10.8. The second-order valence-corrected chi connectivity index (χ2v) is 7.26. The van der Waals surface area contributed by atoms with Gasteiger partial charge in [0.15, 0.2) is 0 Å². The highest BCUT2D eigenvalue weighted by molar-refractivity contribution is 7.99. The third kappa shape index (κ3) is 3.11. The number of rotatable bonds is 5. The highest BCUT2D eigenvalue weighted by atomic mass is 32.2. The summed E-state index contributed by atoms with van der Waals surface area (Å²) in [6.45, 7) is 4.61. The summed E-state index contributed by atoms with van der Waals surface area (Å²) in [5.74, 6) is 1.15. The molecule has 2 unspecified atom stereocenters. The monoisotopic (exact) mass is 314 g/mol. The molecule has 1 aromatic heterocycles. The first-order valence-corrected chi connectivity index (χ1v) is 9.38. The van der Waals surface area contributed by atoms with Crippen LogP contribution in [-0.4, -0.2) is 15.9 Å². The van der Waals surface area contributed by atoms with Gasteiger partial charge in [0, 0.05) is 34.1 Å². The Morgan fingerprint density at radius 3 is 2.68 bits per heavy atom. The summed E-state index contributed by atoms with van der Waals surface area (Å²) in [6.07, 6.45) is 9.55. The van der Waals surface area contributed by atoms with E-state index in [0.717, 1.165) is 5.75 Å². The predicted molar refractivity (Wildman–Crippen MR) is 95.4 cm³/mol. The van der Waals surface area contributed by atoms with Crippen LogP contribution in [0.15, 0.2) is 53.7 Å². The number of benzene rings is 1. The Labute approximate surface area is 138 Å². The van der Waals surface area contributed by atoms with Crippen LogP contribution in [0.1, 0.15) is 51.3 Å². The highest BCUT2D eigenvalue weighted by Gasteiger charge is 2.35. The standard InChI is InChI=1S/C19H26N2S/c1-3-5-12-19(4-2)15-22-17-11-7-6-10-16(17)18(20-19)21-13-8-9-14-21/h6-11,13-14,18,20H,3-5,12,15H2,1-2H3. The first-order valence-electron chi connectivity index (χ1n) is 8.40. The van der Waals surface area contributed by atoms with Crippen LogP contribution in [0.2, 0.25) is 0 Å². The minimum atomic E-state index is 0.217. The molecule has 0 spiro atoms. The van der Waals surface area contributed by atoms with Crippen LogP contribution < -0.4 is 5.32 Å². The Morgan fingerprint density at radius 2 is 1.95 bits per heavy atom. The number of nitrogens with zero attached hydrogens (tertiary/aromatic N) is 1. The SMILES string of the molecule is CCCCC1(CC)CSc2ccccc2C(n2cccc2)N1. The van der Waals surface area contributed by atoms with Crippen LogP contribution in [0.25, 0.3) is 0 Å².